The van der Waals surface area contributed by atoms with Crippen molar-refractivity contribution in [1.29, 1.82) is 0 Å². The van der Waals surface area contributed by atoms with E-state index in [4.69, 9.17) is 5.73 Å². The normalized spacial score (nSPS) is 12.9. The number of nitrogens with zero attached hydrogens (tertiary/aromatic N) is 1. The molecule has 3 N–H and O–H groups in total. The molecule has 0 aliphatic rings. The lowest BCUT2D eigenvalue weighted by atomic mass is 9.93. The summed E-state index contributed by atoms with van der Waals surface area (Å²) in [6.45, 7) is 8.78. The van der Waals surface area contributed by atoms with Crippen LogP contribution < -0.4 is 10.5 Å². The Labute approximate surface area is 128 Å². The minimum Gasteiger partial charge on any atom is -0.397 e. The summed E-state index contributed by atoms with van der Waals surface area (Å²) in [7, 11) is 0.336. The van der Waals surface area contributed by atoms with E-state index in [-0.39, 0.29) is 10.3 Å². The Hall–Kier alpha value is -1.11. The van der Waals surface area contributed by atoms with Gasteiger partial charge in [0.25, 0.3) is 0 Å². The average Bonchev–Trinajstić information content (AvgIpc) is 2.30. The van der Waals surface area contributed by atoms with Gasteiger partial charge in [-0.25, -0.2) is 13.1 Å². The summed E-state index contributed by atoms with van der Waals surface area (Å²) in [4.78, 5) is 2.24. The van der Waals surface area contributed by atoms with Crippen molar-refractivity contribution in [3.63, 3.8) is 0 Å². The smallest absolute Gasteiger partial charge is 0.242 e. The van der Waals surface area contributed by atoms with Gasteiger partial charge in [0.15, 0.2) is 0 Å². The van der Waals surface area contributed by atoms with Gasteiger partial charge in [0, 0.05) is 13.1 Å². The first kappa shape index (κ1) is 17.9. The molecule has 120 valence electrons. The maximum atomic E-state index is 12.6. The Kier molecular flexibility index (Phi) is 5.41. The van der Waals surface area contributed by atoms with Gasteiger partial charge in [-0.15, -0.1) is 0 Å². The molecule has 0 aliphatic carbocycles. The Morgan fingerprint density at radius 3 is 2.24 bits per heavy atom. The van der Waals surface area contributed by atoms with Crippen LogP contribution in [-0.4, -0.2) is 40.5 Å². The van der Waals surface area contributed by atoms with Crippen LogP contribution in [0.25, 0.3) is 0 Å². The second kappa shape index (κ2) is 6.34. The monoisotopic (exact) mass is 313 g/mol. The number of aryl methyl sites for hydroxylation is 2. The van der Waals surface area contributed by atoms with Gasteiger partial charge in [-0.2, -0.15) is 0 Å². The molecule has 5 nitrogen and oxygen atoms in total. The van der Waals surface area contributed by atoms with Crippen LogP contribution in [-0.2, 0) is 10.0 Å². The average molecular weight is 313 g/mol. The lowest BCUT2D eigenvalue weighted by Gasteiger charge is -2.28. The Balaban J connectivity index is 3.01. The highest BCUT2D eigenvalue weighted by Crippen LogP contribution is 2.26. The fourth-order valence-corrected chi connectivity index (χ4v) is 4.11. The first-order valence-corrected chi connectivity index (χ1v) is 8.45. The van der Waals surface area contributed by atoms with E-state index in [1.807, 2.05) is 45.8 Å². The number of rotatable bonds is 6. The Bertz CT molecular complexity index is 608. The Morgan fingerprint density at radius 2 is 1.71 bits per heavy atom. The number of sulfonamides is 1. The highest BCUT2D eigenvalue weighted by atomic mass is 32.2. The fraction of sp³-hybridized carbons (Fsp3) is 0.600. The van der Waals surface area contributed by atoms with Crippen LogP contribution in [0.15, 0.2) is 17.0 Å². The van der Waals surface area contributed by atoms with Crippen LogP contribution in [0.3, 0.4) is 0 Å². The van der Waals surface area contributed by atoms with Crippen molar-refractivity contribution in [2.24, 2.45) is 5.41 Å². The van der Waals surface area contributed by atoms with Crippen molar-refractivity contribution in [3.8, 4) is 0 Å². The molecule has 0 spiro atoms. The maximum Gasteiger partial charge on any atom is 0.242 e. The minimum absolute atomic E-state index is 0.164. The highest BCUT2D eigenvalue weighted by Gasteiger charge is 2.25. The van der Waals surface area contributed by atoms with E-state index in [1.54, 1.807) is 13.0 Å². The number of nitrogens with two attached hydrogens (primary N) is 1. The van der Waals surface area contributed by atoms with Gasteiger partial charge < -0.3 is 10.6 Å². The van der Waals surface area contributed by atoms with E-state index in [9.17, 15) is 8.42 Å². The van der Waals surface area contributed by atoms with E-state index in [0.29, 0.717) is 17.8 Å². The summed E-state index contributed by atoms with van der Waals surface area (Å²) < 4.78 is 27.8. The molecule has 1 aromatic rings. The summed E-state index contributed by atoms with van der Waals surface area (Å²) in [5, 5.41) is 0. The van der Waals surface area contributed by atoms with Crippen molar-refractivity contribution in [2.75, 3.05) is 32.9 Å². The van der Waals surface area contributed by atoms with E-state index in [2.05, 4.69) is 4.72 Å². The number of nitrogen functional groups attached to an aromatic ring is 1. The number of nitrogens with one attached hydrogen (secondary N) is 1. The lowest BCUT2D eigenvalue weighted by Crippen LogP contribution is -2.40. The molecule has 6 heteroatoms. The van der Waals surface area contributed by atoms with E-state index < -0.39 is 10.0 Å². The molecule has 0 saturated carbocycles. The van der Waals surface area contributed by atoms with Crippen LogP contribution in [0.1, 0.15) is 25.0 Å². The molecule has 1 aromatic carbocycles. The predicted octanol–water partition coefficient (Wildman–Crippen LogP) is 1.75. The maximum absolute atomic E-state index is 12.6. The standard InChI is InChI=1S/C15H27N3O2S/c1-11-7-8-12(2)14(13(11)16)21(19,20)17-9-15(3,4)10-18(5)6/h7-8,17H,9-10,16H2,1-6H3. The Morgan fingerprint density at radius 1 is 1.19 bits per heavy atom. The second-order valence-electron chi connectivity index (χ2n) is 6.67. The number of hydrogen-bond donors (Lipinski definition) is 2. The van der Waals surface area contributed by atoms with Gasteiger partial charge in [-0.05, 0) is 44.5 Å². The van der Waals surface area contributed by atoms with Crippen LogP contribution in [0.5, 0.6) is 0 Å². The summed E-state index contributed by atoms with van der Waals surface area (Å²) in [6, 6.07) is 3.62. The van der Waals surface area contributed by atoms with Gasteiger partial charge in [-0.3, -0.25) is 0 Å². The number of anilines is 1. The van der Waals surface area contributed by atoms with Gasteiger partial charge in [0.1, 0.15) is 4.90 Å². The van der Waals surface area contributed by atoms with Crippen molar-refractivity contribution < 1.29 is 8.42 Å². The predicted molar refractivity (Wildman–Crippen MR) is 87.9 cm³/mol. The molecule has 0 atom stereocenters. The summed E-state index contributed by atoms with van der Waals surface area (Å²) in [5.41, 5.74) is 7.56. The number of hydrogen-bond acceptors (Lipinski definition) is 4. The molecule has 21 heavy (non-hydrogen) atoms. The van der Waals surface area contributed by atoms with Crippen molar-refractivity contribution >= 4 is 15.7 Å². The third-order valence-electron chi connectivity index (χ3n) is 3.36. The summed E-state index contributed by atoms with van der Waals surface area (Å²) >= 11 is 0. The molecule has 0 radical (unpaired) electrons. The van der Waals surface area contributed by atoms with Crippen molar-refractivity contribution in [2.45, 2.75) is 32.6 Å². The molecule has 0 saturated heterocycles. The zero-order valence-electron chi connectivity index (χ0n) is 13.8. The van der Waals surface area contributed by atoms with Crippen LogP contribution in [0.4, 0.5) is 5.69 Å². The molecule has 0 heterocycles. The first-order valence-electron chi connectivity index (χ1n) is 6.96. The zero-order chi connectivity index (χ0) is 16.4. The molecule has 0 bridgehead atoms. The first-order chi connectivity index (χ1) is 9.46. The zero-order valence-corrected chi connectivity index (χ0v) is 14.6. The van der Waals surface area contributed by atoms with Crippen LogP contribution in [0, 0.1) is 19.3 Å². The molecule has 1 rings (SSSR count). The highest BCUT2D eigenvalue weighted by molar-refractivity contribution is 7.89. The SMILES string of the molecule is Cc1ccc(C)c(S(=O)(=O)NCC(C)(C)CN(C)C)c1N. The molecular weight excluding hydrogens is 286 g/mol. The molecule has 0 aromatic heterocycles. The quantitative estimate of drug-likeness (QED) is 0.785. The van der Waals surface area contributed by atoms with Crippen molar-refractivity contribution in [1.82, 2.24) is 9.62 Å². The van der Waals surface area contributed by atoms with E-state index >= 15 is 0 Å². The third-order valence-corrected chi connectivity index (χ3v) is 4.97. The summed E-state index contributed by atoms with van der Waals surface area (Å²) in [5.74, 6) is 0. The number of benzene rings is 1. The molecule has 0 unspecified atom stereocenters. The van der Waals surface area contributed by atoms with Gasteiger partial charge >= 0.3 is 0 Å². The van der Waals surface area contributed by atoms with Gasteiger partial charge in [0.05, 0.1) is 5.69 Å². The second-order valence-corrected chi connectivity index (χ2v) is 8.37. The van der Waals surface area contributed by atoms with Gasteiger partial charge in [-0.1, -0.05) is 26.0 Å². The van der Waals surface area contributed by atoms with Gasteiger partial charge in [0.2, 0.25) is 10.0 Å². The topological polar surface area (TPSA) is 75.4 Å². The molecule has 0 amide bonds. The third kappa shape index (κ3) is 4.69. The van der Waals surface area contributed by atoms with Crippen LogP contribution >= 0.6 is 0 Å². The van der Waals surface area contributed by atoms with E-state index in [1.165, 1.54) is 0 Å². The van der Waals surface area contributed by atoms with E-state index in [0.717, 1.165) is 12.1 Å². The molecule has 0 fully saturated rings. The lowest BCUT2D eigenvalue weighted by molar-refractivity contribution is 0.242. The van der Waals surface area contributed by atoms with Crippen molar-refractivity contribution in [3.05, 3.63) is 23.3 Å². The molecule has 0 aliphatic heterocycles. The van der Waals surface area contributed by atoms with Crippen LogP contribution in [0.2, 0.25) is 0 Å². The minimum atomic E-state index is -3.61. The largest absolute Gasteiger partial charge is 0.397 e. The summed E-state index contributed by atoms with van der Waals surface area (Å²) in [6.07, 6.45) is 0. The fourth-order valence-electron chi connectivity index (χ4n) is 2.44. The molecular formula is C15H27N3O2S.